The van der Waals surface area contributed by atoms with Crippen LogP contribution in [0.1, 0.15) is 10.4 Å². The second-order valence-corrected chi connectivity index (χ2v) is 9.60. The van der Waals surface area contributed by atoms with Crippen molar-refractivity contribution in [3.05, 3.63) is 58.1 Å². The molecule has 0 radical (unpaired) electrons. The average molecular weight is 442 g/mol. The van der Waals surface area contributed by atoms with Gasteiger partial charge < -0.3 is 9.80 Å². The van der Waals surface area contributed by atoms with Gasteiger partial charge in [-0.15, -0.1) is 0 Å². The number of benzene rings is 2. The summed E-state index contributed by atoms with van der Waals surface area (Å²) in [5, 5.41) is 0.771. The molecule has 0 aromatic heterocycles. The fourth-order valence-corrected chi connectivity index (χ4v) is 4.72. The maximum atomic E-state index is 12.9. The summed E-state index contributed by atoms with van der Waals surface area (Å²) >= 11 is 12.3. The number of anilines is 1. The van der Waals surface area contributed by atoms with Crippen molar-refractivity contribution < 1.29 is 13.2 Å². The topological polar surface area (TPSA) is 60.9 Å². The van der Waals surface area contributed by atoms with Crippen molar-refractivity contribution >= 4 is 44.8 Å². The van der Waals surface area contributed by atoms with Crippen molar-refractivity contribution in [2.45, 2.75) is 4.90 Å². The Hall–Kier alpha value is -1.80. The number of carbonyl (C=O) groups excluding carboxylic acids is 1. The molecular weight excluding hydrogens is 421 g/mol. The number of amides is 1. The van der Waals surface area contributed by atoms with Crippen LogP contribution in [-0.2, 0) is 10.0 Å². The quantitative estimate of drug-likeness (QED) is 0.730. The van der Waals surface area contributed by atoms with Crippen molar-refractivity contribution in [1.29, 1.82) is 0 Å². The van der Waals surface area contributed by atoms with Gasteiger partial charge in [-0.25, -0.2) is 12.7 Å². The number of halogens is 2. The van der Waals surface area contributed by atoms with Gasteiger partial charge in [0.1, 0.15) is 4.90 Å². The molecule has 0 saturated carbocycles. The van der Waals surface area contributed by atoms with Crippen molar-refractivity contribution in [3.8, 4) is 0 Å². The van der Waals surface area contributed by atoms with Crippen LogP contribution in [0.3, 0.4) is 0 Å². The second-order valence-electron chi connectivity index (χ2n) is 6.66. The van der Waals surface area contributed by atoms with E-state index < -0.39 is 10.0 Å². The lowest BCUT2D eigenvalue weighted by atomic mass is 10.1. The summed E-state index contributed by atoms with van der Waals surface area (Å²) in [6, 6.07) is 12.0. The standard InChI is InChI=1S/C19H21Cl2N3O3S/c1-22(2)28(26,27)18-13-14(7-8-16(18)21)19(25)24-11-9-23(10-12-24)17-6-4-3-5-15(17)20/h3-8,13H,9-12H2,1-2H3. The summed E-state index contributed by atoms with van der Waals surface area (Å²) in [7, 11) is -0.887. The minimum atomic E-state index is -3.74. The van der Waals surface area contributed by atoms with E-state index in [1.54, 1.807) is 11.0 Å². The summed E-state index contributed by atoms with van der Waals surface area (Å²) in [6.45, 7) is 2.32. The summed E-state index contributed by atoms with van der Waals surface area (Å²) in [4.78, 5) is 16.7. The summed E-state index contributed by atoms with van der Waals surface area (Å²) in [5.41, 5.74) is 1.25. The van der Waals surface area contributed by atoms with E-state index in [9.17, 15) is 13.2 Å². The van der Waals surface area contributed by atoms with Crippen LogP contribution in [0.4, 0.5) is 5.69 Å². The maximum Gasteiger partial charge on any atom is 0.254 e. The van der Waals surface area contributed by atoms with Gasteiger partial charge in [0.25, 0.3) is 5.91 Å². The number of sulfonamides is 1. The van der Waals surface area contributed by atoms with Gasteiger partial charge in [0.15, 0.2) is 0 Å². The van der Waals surface area contributed by atoms with Crippen molar-refractivity contribution in [3.63, 3.8) is 0 Å². The molecule has 0 bridgehead atoms. The number of hydrogen-bond donors (Lipinski definition) is 0. The average Bonchev–Trinajstić information content (AvgIpc) is 2.68. The minimum Gasteiger partial charge on any atom is -0.367 e. The fourth-order valence-electron chi connectivity index (χ4n) is 3.07. The molecule has 1 amide bonds. The molecule has 3 rings (SSSR count). The largest absolute Gasteiger partial charge is 0.367 e. The molecule has 0 N–H and O–H groups in total. The number of piperazine rings is 1. The summed E-state index contributed by atoms with van der Waals surface area (Å²) in [5.74, 6) is -0.217. The molecule has 0 spiro atoms. The van der Waals surface area contributed by atoms with Crippen LogP contribution in [0.2, 0.25) is 10.0 Å². The predicted molar refractivity (Wildman–Crippen MR) is 112 cm³/mol. The first-order valence-corrected chi connectivity index (χ1v) is 10.9. The molecule has 2 aromatic carbocycles. The third-order valence-electron chi connectivity index (χ3n) is 4.70. The van der Waals surface area contributed by atoms with E-state index in [-0.39, 0.29) is 15.8 Å². The molecule has 2 aromatic rings. The van der Waals surface area contributed by atoms with E-state index in [2.05, 4.69) is 4.90 Å². The van der Waals surface area contributed by atoms with Crippen LogP contribution >= 0.6 is 23.2 Å². The van der Waals surface area contributed by atoms with Crippen LogP contribution < -0.4 is 4.90 Å². The molecule has 28 heavy (non-hydrogen) atoms. The van der Waals surface area contributed by atoms with Gasteiger partial charge in [-0.1, -0.05) is 35.3 Å². The lowest BCUT2D eigenvalue weighted by Gasteiger charge is -2.36. The molecule has 9 heteroatoms. The third-order valence-corrected chi connectivity index (χ3v) is 7.31. The van der Waals surface area contributed by atoms with Gasteiger partial charge in [-0.3, -0.25) is 4.79 Å². The number of carbonyl (C=O) groups is 1. The Balaban J connectivity index is 1.77. The third kappa shape index (κ3) is 4.12. The molecule has 150 valence electrons. The zero-order chi connectivity index (χ0) is 20.5. The normalized spacial score (nSPS) is 15.2. The van der Waals surface area contributed by atoms with E-state index in [0.717, 1.165) is 9.99 Å². The Bertz CT molecular complexity index is 988. The van der Waals surface area contributed by atoms with Crippen LogP contribution in [-0.4, -0.2) is 63.8 Å². The Morgan fingerprint density at radius 1 is 0.964 bits per heavy atom. The highest BCUT2D eigenvalue weighted by molar-refractivity contribution is 7.89. The highest BCUT2D eigenvalue weighted by atomic mass is 35.5. The van der Waals surface area contributed by atoms with E-state index in [1.165, 1.54) is 26.2 Å². The zero-order valence-corrected chi connectivity index (χ0v) is 17.9. The second kappa shape index (κ2) is 8.29. The monoisotopic (exact) mass is 441 g/mol. The Morgan fingerprint density at radius 3 is 2.21 bits per heavy atom. The highest BCUT2D eigenvalue weighted by Gasteiger charge is 2.26. The Kier molecular flexibility index (Phi) is 6.19. The van der Waals surface area contributed by atoms with Gasteiger partial charge in [0.05, 0.1) is 15.7 Å². The van der Waals surface area contributed by atoms with Gasteiger partial charge in [-0.2, -0.15) is 0 Å². The molecule has 0 atom stereocenters. The molecule has 6 nitrogen and oxygen atoms in total. The minimum absolute atomic E-state index is 0.0697. The molecule has 1 aliphatic rings. The lowest BCUT2D eigenvalue weighted by Crippen LogP contribution is -2.48. The summed E-state index contributed by atoms with van der Waals surface area (Å²) in [6.07, 6.45) is 0. The van der Waals surface area contributed by atoms with Gasteiger partial charge >= 0.3 is 0 Å². The van der Waals surface area contributed by atoms with Crippen molar-refractivity contribution in [1.82, 2.24) is 9.21 Å². The molecule has 1 heterocycles. The predicted octanol–water partition coefficient (Wildman–Crippen LogP) is 3.21. The Labute approximate surface area is 175 Å². The van der Waals surface area contributed by atoms with Crippen LogP contribution in [0.5, 0.6) is 0 Å². The van der Waals surface area contributed by atoms with Gasteiger partial charge in [0, 0.05) is 45.8 Å². The molecule has 1 saturated heterocycles. The number of para-hydroxylation sites is 1. The van der Waals surface area contributed by atoms with E-state index in [4.69, 9.17) is 23.2 Å². The first-order valence-electron chi connectivity index (χ1n) is 8.72. The molecule has 1 aliphatic heterocycles. The zero-order valence-electron chi connectivity index (χ0n) is 15.6. The number of nitrogens with zero attached hydrogens (tertiary/aromatic N) is 3. The SMILES string of the molecule is CN(C)S(=O)(=O)c1cc(C(=O)N2CCN(c3ccccc3Cl)CC2)ccc1Cl. The van der Waals surface area contributed by atoms with E-state index in [1.807, 2.05) is 24.3 Å². The lowest BCUT2D eigenvalue weighted by molar-refractivity contribution is 0.0746. The van der Waals surface area contributed by atoms with Crippen LogP contribution in [0, 0.1) is 0 Å². The van der Waals surface area contributed by atoms with Crippen molar-refractivity contribution in [2.24, 2.45) is 0 Å². The Morgan fingerprint density at radius 2 is 1.61 bits per heavy atom. The number of rotatable bonds is 4. The summed E-state index contributed by atoms with van der Waals surface area (Å²) < 4.78 is 25.9. The smallest absolute Gasteiger partial charge is 0.254 e. The van der Waals surface area contributed by atoms with E-state index in [0.29, 0.717) is 36.8 Å². The molecule has 0 aliphatic carbocycles. The molecule has 0 unspecified atom stereocenters. The van der Waals surface area contributed by atoms with Crippen LogP contribution in [0.25, 0.3) is 0 Å². The first-order chi connectivity index (χ1) is 13.2. The van der Waals surface area contributed by atoms with Crippen LogP contribution in [0.15, 0.2) is 47.4 Å². The van der Waals surface area contributed by atoms with Gasteiger partial charge in [-0.05, 0) is 30.3 Å². The first kappa shape index (κ1) is 20.9. The molecular formula is C19H21Cl2N3O3S. The highest BCUT2D eigenvalue weighted by Crippen LogP contribution is 2.28. The van der Waals surface area contributed by atoms with Crippen molar-refractivity contribution in [2.75, 3.05) is 45.2 Å². The maximum absolute atomic E-state index is 12.9. The fraction of sp³-hybridized carbons (Fsp3) is 0.316. The van der Waals surface area contributed by atoms with Gasteiger partial charge in [0.2, 0.25) is 10.0 Å². The molecule has 1 fully saturated rings. The number of hydrogen-bond acceptors (Lipinski definition) is 4. The van der Waals surface area contributed by atoms with E-state index >= 15 is 0 Å².